The van der Waals surface area contributed by atoms with Crippen LogP contribution >= 0.6 is 0 Å². The van der Waals surface area contributed by atoms with E-state index in [1.165, 1.54) is 0 Å². The Balaban J connectivity index is 2.20. The first-order chi connectivity index (χ1) is 9.27. The molecule has 4 heteroatoms. The zero-order valence-electron chi connectivity index (χ0n) is 10.1. The molecule has 4 nitrogen and oxygen atoms in total. The summed E-state index contributed by atoms with van der Waals surface area (Å²) in [5, 5.41) is 19.8. The summed E-state index contributed by atoms with van der Waals surface area (Å²) < 4.78 is 1.74. The van der Waals surface area contributed by atoms with Gasteiger partial charge in [0.15, 0.2) is 0 Å². The fourth-order valence-corrected chi connectivity index (χ4v) is 2.03. The molecule has 0 spiro atoms. The molecule has 0 aliphatic heterocycles. The lowest BCUT2D eigenvalue weighted by atomic mass is 10.2. The molecule has 0 bridgehead atoms. The van der Waals surface area contributed by atoms with Crippen molar-refractivity contribution in [2.45, 2.75) is 0 Å². The average Bonchev–Trinajstić information content (AvgIpc) is 2.89. The van der Waals surface area contributed by atoms with Crippen molar-refractivity contribution in [3.05, 3.63) is 60.9 Å². The van der Waals surface area contributed by atoms with E-state index in [1.807, 2.05) is 12.1 Å². The number of hydrogen-bond acceptors (Lipinski definition) is 3. The smallest absolute Gasteiger partial charge is 0.148 e. The van der Waals surface area contributed by atoms with Crippen molar-refractivity contribution in [1.29, 1.82) is 0 Å². The van der Waals surface area contributed by atoms with Crippen LogP contribution in [0.3, 0.4) is 0 Å². The van der Waals surface area contributed by atoms with Crippen LogP contribution in [-0.4, -0.2) is 19.8 Å². The standard InChI is InChI=1S/C15H12N2O2/c18-13-7-3-1-5-11(13)15-16-9-10-17(15)12-6-2-4-8-14(12)19/h1-10,18-19H. The molecular formula is C15H12N2O2. The summed E-state index contributed by atoms with van der Waals surface area (Å²) in [6, 6.07) is 14.0. The monoisotopic (exact) mass is 252 g/mol. The predicted molar refractivity (Wildman–Crippen MR) is 72.3 cm³/mol. The van der Waals surface area contributed by atoms with Crippen LogP contribution in [0.25, 0.3) is 17.1 Å². The van der Waals surface area contributed by atoms with Gasteiger partial charge in [0.1, 0.15) is 17.3 Å². The molecule has 2 aromatic carbocycles. The van der Waals surface area contributed by atoms with E-state index in [9.17, 15) is 10.2 Å². The Morgan fingerprint density at radius 1 is 0.842 bits per heavy atom. The second kappa shape index (κ2) is 4.49. The number of hydrogen-bond donors (Lipinski definition) is 2. The van der Waals surface area contributed by atoms with Gasteiger partial charge in [-0.05, 0) is 24.3 Å². The maximum absolute atomic E-state index is 9.91. The lowest BCUT2D eigenvalue weighted by molar-refractivity contribution is 0.471. The minimum Gasteiger partial charge on any atom is -0.507 e. The van der Waals surface area contributed by atoms with E-state index in [0.717, 1.165) is 0 Å². The molecule has 0 unspecified atom stereocenters. The van der Waals surface area contributed by atoms with E-state index in [2.05, 4.69) is 4.98 Å². The summed E-state index contributed by atoms with van der Waals surface area (Å²) in [4.78, 5) is 4.26. The normalized spacial score (nSPS) is 10.5. The van der Waals surface area contributed by atoms with E-state index in [0.29, 0.717) is 17.1 Å². The van der Waals surface area contributed by atoms with E-state index in [-0.39, 0.29) is 11.5 Å². The fraction of sp³-hybridized carbons (Fsp3) is 0. The van der Waals surface area contributed by atoms with E-state index < -0.39 is 0 Å². The molecule has 1 aromatic heterocycles. The number of aromatic hydroxyl groups is 2. The third kappa shape index (κ3) is 1.93. The fourth-order valence-electron chi connectivity index (χ4n) is 2.03. The molecule has 0 radical (unpaired) electrons. The van der Waals surface area contributed by atoms with E-state index in [1.54, 1.807) is 53.4 Å². The Hall–Kier alpha value is -2.75. The zero-order chi connectivity index (χ0) is 13.2. The van der Waals surface area contributed by atoms with Crippen molar-refractivity contribution in [3.8, 4) is 28.6 Å². The third-order valence-electron chi connectivity index (χ3n) is 2.93. The summed E-state index contributed by atoms with van der Waals surface area (Å²) in [6.07, 6.45) is 3.38. The van der Waals surface area contributed by atoms with Crippen molar-refractivity contribution < 1.29 is 10.2 Å². The van der Waals surface area contributed by atoms with Crippen LogP contribution in [0.4, 0.5) is 0 Å². The highest BCUT2D eigenvalue weighted by atomic mass is 16.3. The van der Waals surface area contributed by atoms with Crippen LogP contribution in [0.5, 0.6) is 11.5 Å². The topological polar surface area (TPSA) is 58.3 Å². The largest absolute Gasteiger partial charge is 0.507 e. The molecule has 94 valence electrons. The van der Waals surface area contributed by atoms with Gasteiger partial charge in [-0.1, -0.05) is 24.3 Å². The van der Waals surface area contributed by atoms with Gasteiger partial charge in [0, 0.05) is 12.4 Å². The SMILES string of the molecule is Oc1ccccc1-c1nccn1-c1ccccc1O. The summed E-state index contributed by atoms with van der Waals surface area (Å²) in [5.74, 6) is 0.905. The molecule has 19 heavy (non-hydrogen) atoms. The molecule has 0 aliphatic rings. The highest BCUT2D eigenvalue weighted by Crippen LogP contribution is 2.31. The quantitative estimate of drug-likeness (QED) is 0.737. The van der Waals surface area contributed by atoms with Gasteiger partial charge in [-0.2, -0.15) is 0 Å². The average molecular weight is 252 g/mol. The number of nitrogens with zero attached hydrogens (tertiary/aromatic N) is 2. The number of rotatable bonds is 2. The first-order valence-electron chi connectivity index (χ1n) is 5.87. The highest BCUT2D eigenvalue weighted by Gasteiger charge is 2.12. The Labute approximate surface area is 110 Å². The van der Waals surface area contributed by atoms with Crippen molar-refractivity contribution in [1.82, 2.24) is 9.55 Å². The molecule has 0 aliphatic carbocycles. The molecule has 1 heterocycles. The van der Waals surface area contributed by atoms with Crippen LogP contribution in [-0.2, 0) is 0 Å². The molecule has 0 amide bonds. The van der Waals surface area contributed by atoms with Crippen LogP contribution < -0.4 is 0 Å². The van der Waals surface area contributed by atoms with Crippen molar-refractivity contribution in [2.75, 3.05) is 0 Å². The lowest BCUT2D eigenvalue weighted by Crippen LogP contribution is -1.96. The van der Waals surface area contributed by atoms with Crippen LogP contribution in [0.1, 0.15) is 0 Å². The number of benzene rings is 2. The molecule has 0 saturated heterocycles. The Kier molecular flexibility index (Phi) is 2.68. The van der Waals surface area contributed by atoms with Gasteiger partial charge in [0.2, 0.25) is 0 Å². The van der Waals surface area contributed by atoms with Gasteiger partial charge >= 0.3 is 0 Å². The second-order valence-electron chi connectivity index (χ2n) is 4.13. The van der Waals surface area contributed by atoms with Gasteiger partial charge in [0.05, 0.1) is 11.3 Å². The van der Waals surface area contributed by atoms with Crippen molar-refractivity contribution >= 4 is 0 Å². The van der Waals surface area contributed by atoms with Gasteiger partial charge in [-0.25, -0.2) is 4.98 Å². The maximum Gasteiger partial charge on any atom is 0.148 e. The number of phenols is 2. The van der Waals surface area contributed by atoms with E-state index >= 15 is 0 Å². The van der Waals surface area contributed by atoms with E-state index in [4.69, 9.17) is 0 Å². The molecule has 0 saturated carbocycles. The summed E-state index contributed by atoms with van der Waals surface area (Å²) in [6.45, 7) is 0. The Bertz CT molecular complexity index is 659. The maximum atomic E-state index is 9.91. The van der Waals surface area contributed by atoms with Crippen molar-refractivity contribution in [2.24, 2.45) is 0 Å². The second-order valence-corrected chi connectivity index (χ2v) is 4.13. The molecule has 3 rings (SSSR count). The van der Waals surface area contributed by atoms with Gasteiger partial charge in [-0.3, -0.25) is 4.57 Å². The number of phenolic OH excluding ortho intramolecular Hbond substituents is 2. The first kappa shape index (κ1) is 11.3. The molecule has 0 fully saturated rings. The summed E-state index contributed by atoms with van der Waals surface area (Å²) in [5.41, 5.74) is 1.24. The van der Waals surface area contributed by atoms with Gasteiger partial charge in [-0.15, -0.1) is 0 Å². The molecule has 2 N–H and O–H groups in total. The molecule has 3 aromatic rings. The van der Waals surface area contributed by atoms with Gasteiger partial charge in [0.25, 0.3) is 0 Å². The number of para-hydroxylation sites is 3. The molecular weight excluding hydrogens is 240 g/mol. The Morgan fingerprint density at radius 3 is 2.26 bits per heavy atom. The van der Waals surface area contributed by atoms with Gasteiger partial charge < -0.3 is 10.2 Å². The zero-order valence-corrected chi connectivity index (χ0v) is 10.1. The number of aromatic nitrogens is 2. The number of imidazole rings is 1. The molecule has 0 atom stereocenters. The third-order valence-corrected chi connectivity index (χ3v) is 2.93. The predicted octanol–water partition coefficient (Wildman–Crippen LogP) is 2.95. The minimum absolute atomic E-state index is 0.158. The summed E-state index contributed by atoms with van der Waals surface area (Å²) >= 11 is 0. The Morgan fingerprint density at radius 2 is 1.53 bits per heavy atom. The minimum atomic E-state index is 0.158. The first-order valence-corrected chi connectivity index (χ1v) is 5.87. The van der Waals surface area contributed by atoms with Crippen LogP contribution in [0.2, 0.25) is 0 Å². The van der Waals surface area contributed by atoms with Crippen LogP contribution in [0.15, 0.2) is 60.9 Å². The van der Waals surface area contributed by atoms with Crippen LogP contribution in [0, 0.1) is 0 Å². The summed E-state index contributed by atoms with van der Waals surface area (Å²) in [7, 11) is 0. The van der Waals surface area contributed by atoms with Crippen molar-refractivity contribution in [3.63, 3.8) is 0 Å². The highest BCUT2D eigenvalue weighted by molar-refractivity contribution is 5.66. The lowest BCUT2D eigenvalue weighted by Gasteiger charge is -2.10.